The van der Waals surface area contributed by atoms with Gasteiger partial charge in [0.2, 0.25) is 0 Å². The van der Waals surface area contributed by atoms with E-state index < -0.39 is 5.54 Å². The van der Waals surface area contributed by atoms with E-state index in [1.54, 1.807) is 0 Å². The molecule has 0 saturated heterocycles. The van der Waals surface area contributed by atoms with Gasteiger partial charge in [-0.3, -0.25) is 4.79 Å². The van der Waals surface area contributed by atoms with Crippen molar-refractivity contribution in [1.29, 1.82) is 0 Å². The summed E-state index contributed by atoms with van der Waals surface area (Å²) in [4.78, 5) is 12.5. The molecule has 0 aliphatic heterocycles. The van der Waals surface area contributed by atoms with Crippen LogP contribution in [-0.2, 0) is 0 Å². The Kier molecular flexibility index (Phi) is 6.03. The predicted octanol–water partition coefficient (Wildman–Crippen LogP) is 3.29. The van der Waals surface area contributed by atoms with Crippen molar-refractivity contribution in [2.24, 2.45) is 5.73 Å². The maximum Gasteiger partial charge on any atom is 0.253 e. The zero-order chi connectivity index (χ0) is 16.5. The smallest absolute Gasteiger partial charge is 0.253 e. The van der Waals surface area contributed by atoms with Crippen LogP contribution in [0.4, 0.5) is 0 Å². The molecule has 0 spiro atoms. The van der Waals surface area contributed by atoms with E-state index in [0.29, 0.717) is 12.1 Å². The lowest BCUT2D eigenvalue weighted by Crippen LogP contribution is -2.48. The summed E-state index contributed by atoms with van der Waals surface area (Å²) >= 11 is 0. The van der Waals surface area contributed by atoms with Gasteiger partial charge in [0.05, 0.1) is 5.56 Å². The first-order chi connectivity index (χ1) is 10.3. The molecular weight excluding hydrogens is 310 g/mol. The highest BCUT2D eigenvalue weighted by Gasteiger charge is 2.23. The normalized spacial score (nSPS) is 11.0. The first-order valence-electron chi connectivity index (χ1n) is 7.54. The molecule has 4 nitrogen and oxygen atoms in total. The first-order valence-corrected chi connectivity index (χ1v) is 7.54. The number of nitrogens with two attached hydrogens (primary N) is 1. The molecule has 0 atom stereocenters. The van der Waals surface area contributed by atoms with Gasteiger partial charge >= 0.3 is 0 Å². The Balaban J connectivity index is 0.00000264. The minimum Gasteiger partial charge on any atom is -0.346 e. The molecule has 2 rings (SSSR count). The van der Waals surface area contributed by atoms with E-state index in [-0.39, 0.29) is 18.3 Å². The van der Waals surface area contributed by atoms with Crippen LogP contribution < -0.4 is 11.1 Å². The number of carbonyl (C=O) groups excluding carboxylic acids is 1. The van der Waals surface area contributed by atoms with Crippen LogP contribution in [0.5, 0.6) is 0 Å². The van der Waals surface area contributed by atoms with Crippen LogP contribution in [0.25, 0.3) is 5.69 Å². The molecule has 23 heavy (non-hydrogen) atoms. The second-order valence-corrected chi connectivity index (χ2v) is 6.45. The lowest BCUT2D eigenvalue weighted by molar-refractivity contribution is 0.0915. The molecule has 0 aliphatic rings. The van der Waals surface area contributed by atoms with Crippen LogP contribution in [0.3, 0.4) is 0 Å². The van der Waals surface area contributed by atoms with Crippen molar-refractivity contribution in [3.8, 4) is 5.69 Å². The number of carbonyl (C=O) groups is 1. The SMILES string of the molecule is Cc1ccccc1-n1c(C)cc(C(=O)NC(C)(C)CN)c1C.Cl. The molecule has 5 heteroatoms. The molecule has 1 amide bonds. The van der Waals surface area contributed by atoms with Gasteiger partial charge < -0.3 is 15.6 Å². The fourth-order valence-corrected chi connectivity index (χ4v) is 2.60. The van der Waals surface area contributed by atoms with Crippen LogP contribution in [0.2, 0.25) is 0 Å². The van der Waals surface area contributed by atoms with Crippen molar-refractivity contribution in [2.45, 2.75) is 40.2 Å². The van der Waals surface area contributed by atoms with Crippen molar-refractivity contribution >= 4 is 18.3 Å². The summed E-state index contributed by atoms with van der Waals surface area (Å²) in [5, 5.41) is 2.99. The van der Waals surface area contributed by atoms with Gasteiger partial charge in [-0.15, -0.1) is 12.4 Å². The van der Waals surface area contributed by atoms with Crippen molar-refractivity contribution in [1.82, 2.24) is 9.88 Å². The van der Waals surface area contributed by atoms with E-state index >= 15 is 0 Å². The molecule has 0 unspecified atom stereocenters. The van der Waals surface area contributed by atoms with Gasteiger partial charge in [0.15, 0.2) is 0 Å². The van der Waals surface area contributed by atoms with E-state index in [9.17, 15) is 4.79 Å². The lowest BCUT2D eigenvalue weighted by atomic mass is 10.1. The average Bonchev–Trinajstić information content (AvgIpc) is 2.75. The largest absolute Gasteiger partial charge is 0.346 e. The molecule has 0 radical (unpaired) electrons. The van der Waals surface area contributed by atoms with Gasteiger partial charge in [-0.2, -0.15) is 0 Å². The van der Waals surface area contributed by atoms with Gasteiger partial charge in [0, 0.05) is 29.2 Å². The monoisotopic (exact) mass is 335 g/mol. The highest BCUT2D eigenvalue weighted by Crippen LogP contribution is 2.23. The lowest BCUT2D eigenvalue weighted by Gasteiger charge is -2.24. The molecule has 1 aromatic heterocycles. The van der Waals surface area contributed by atoms with E-state index in [4.69, 9.17) is 5.73 Å². The number of halogens is 1. The molecular formula is C18H26ClN3O. The number of aryl methyl sites for hydroxylation is 2. The Morgan fingerprint density at radius 3 is 2.39 bits per heavy atom. The van der Waals surface area contributed by atoms with Crippen molar-refractivity contribution in [3.63, 3.8) is 0 Å². The van der Waals surface area contributed by atoms with Gasteiger partial charge in [0.25, 0.3) is 5.91 Å². The molecule has 126 valence electrons. The van der Waals surface area contributed by atoms with E-state index in [2.05, 4.69) is 28.9 Å². The van der Waals surface area contributed by atoms with Gasteiger partial charge in [0.1, 0.15) is 0 Å². The molecule has 3 N–H and O–H groups in total. The third-order valence-electron chi connectivity index (χ3n) is 3.99. The third-order valence-corrected chi connectivity index (χ3v) is 3.99. The van der Waals surface area contributed by atoms with E-state index in [1.807, 2.05) is 45.9 Å². The number of aromatic nitrogens is 1. The molecule has 0 aliphatic carbocycles. The Labute approximate surface area is 144 Å². The Bertz CT molecular complexity index is 704. The summed E-state index contributed by atoms with van der Waals surface area (Å²) in [6.07, 6.45) is 0. The number of rotatable bonds is 4. The number of nitrogens with one attached hydrogen (secondary N) is 1. The summed E-state index contributed by atoms with van der Waals surface area (Å²) < 4.78 is 2.12. The number of benzene rings is 1. The molecule has 0 saturated carbocycles. The Hall–Kier alpha value is -1.78. The summed E-state index contributed by atoms with van der Waals surface area (Å²) in [5.74, 6) is -0.0802. The zero-order valence-electron chi connectivity index (χ0n) is 14.4. The second kappa shape index (κ2) is 7.20. The number of amides is 1. The molecule has 0 bridgehead atoms. The summed E-state index contributed by atoms with van der Waals surface area (Å²) in [6, 6.07) is 10.1. The Morgan fingerprint density at radius 1 is 1.22 bits per heavy atom. The number of nitrogens with zero attached hydrogens (tertiary/aromatic N) is 1. The highest BCUT2D eigenvalue weighted by atomic mass is 35.5. The third kappa shape index (κ3) is 3.95. The van der Waals surface area contributed by atoms with E-state index in [0.717, 1.165) is 17.1 Å². The van der Waals surface area contributed by atoms with E-state index in [1.165, 1.54) is 5.56 Å². The molecule has 2 aromatic rings. The minimum absolute atomic E-state index is 0. The number of hydrogen-bond donors (Lipinski definition) is 2. The summed E-state index contributed by atoms with van der Waals surface area (Å²) in [6.45, 7) is 10.3. The van der Waals surface area contributed by atoms with Gasteiger partial charge in [-0.25, -0.2) is 0 Å². The maximum atomic E-state index is 12.5. The number of para-hydroxylation sites is 1. The van der Waals surface area contributed by atoms with Gasteiger partial charge in [-0.1, -0.05) is 18.2 Å². The molecule has 1 aromatic carbocycles. The second-order valence-electron chi connectivity index (χ2n) is 6.45. The highest BCUT2D eigenvalue weighted by molar-refractivity contribution is 5.96. The molecule has 1 heterocycles. The maximum absolute atomic E-state index is 12.5. The average molecular weight is 336 g/mol. The molecule has 0 fully saturated rings. The van der Waals surface area contributed by atoms with Crippen LogP contribution in [-0.4, -0.2) is 22.6 Å². The fraction of sp³-hybridized carbons (Fsp3) is 0.389. The predicted molar refractivity (Wildman–Crippen MR) is 97.8 cm³/mol. The van der Waals surface area contributed by atoms with Crippen LogP contribution >= 0.6 is 12.4 Å². The quantitative estimate of drug-likeness (QED) is 0.900. The minimum atomic E-state index is -0.414. The van der Waals surface area contributed by atoms with Crippen LogP contribution in [0, 0.1) is 20.8 Å². The fourth-order valence-electron chi connectivity index (χ4n) is 2.60. The van der Waals surface area contributed by atoms with Crippen molar-refractivity contribution in [2.75, 3.05) is 6.54 Å². The van der Waals surface area contributed by atoms with Crippen molar-refractivity contribution < 1.29 is 4.79 Å². The van der Waals surface area contributed by atoms with Crippen LogP contribution in [0.1, 0.15) is 41.2 Å². The van der Waals surface area contributed by atoms with Gasteiger partial charge in [-0.05, 0) is 52.3 Å². The zero-order valence-corrected chi connectivity index (χ0v) is 15.3. The summed E-state index contributed by atoms with van der Waals surface area (Å²) in [5.41, 5.74) is 10.3. The topological polar surface area (TPSA) is 60.0 Å². The first kappa shape index (κ1) is 19.3. The number of hydrogen-bond acceptors (Lipinski definition) is 2. The summed E-state index contributed by atoms with van der Waals surface area (Å²) in [7, 11) is 0. The van der Waals surface area contributed by atoms with Crippen molar-refractivity contribution in [3.05, 3.63) is 52.8 Å². The Morgan fingerprint density at radius 2 is 1.83 bits per heavy atom. The standard InChI is InChI=1S/C18H25N3O.ClH/c1-12-8-6-7-9-16(12)21-13(2)10-15(14(21)3)17(22)20-18(4,5)11-19;/h6-10H,11,19H2,1-5H3,(H,20,22);1H. The van der Waals surface area contributed by atoms with Crippen LogP contribution in [0.15, 0.2) is 30.3 Å².